The molecule has 1 amide bonds. The molecule has 1 aliphatic carbocycles. The fourth-order valence-electron chi connectivity index (χ4n) is 1.81. The van der Waals surface area contributed by atoms with Gasteiger partial charge in [-0.2, -0.15) is 0 Å². The normalized spacial score (nSPS) is 21.2. The van der Waals surface area contributed by atoms with Crippen molar-refractivity contribution in [1.29, 1.82) is 0 Å². The quantitative estimate of drug-likeness (QED) is 0.829. The number of esters is 1. The highest BCUT2D eigenvalue weighted by Crippen LogP contribution is 2.38. The zero-order chi connectivity index (χ0) is 13.1. The molecule has 18 heavy (non-hydrogen) atoms. The average Bonchev–Trinajstić information content (AvgIpc) is 3.03. The first-order valence-corrected chi connectivity index (χ1v) is 6.09. The Bertz CT molecular complexity index is 470. The maximum atomic E-state index is 11.6. The molecule has 0 aromatic heterocycles. The summed E-state index contributed by atoms with van der Waals surface area (Å²) in [5.74, 6) is -0.168. The van der Waals surface area contributed by atoms with Gasteiger partial charge in [0.05, 0.1) is 5.92 Å². The van der Waals surface area contributed by atoms with E-state index in [1.807, 2.05) is 32.0 Å². The first-order chi connectivity index (χ1) is 8.56. The Morgan fingerprint density at radius 2 is 2.17 bits per heavy atom. The van der Waals surface area contributed by atoms with E-state index < -0.39 is 0 Å². The minimum atomic E-state index is -0.303. The average molecular weight is 247 g/mol. The molecule has 96 valence electrons. The molecule has 4 heteroatoms. The van der Waals surface area contributed by atoms with Gasteiger partial charge in [0.15, 0.2) is 6.61 Å². The van der Waals surface area contributed by atoms with Crippen molar-refractivity contribution in [1.82, 2.24) is 0 Å². The number of benzene rings is 1. The number of nitrogens with one attached hydrogen (secondary N) is 1. The third-order valence-corrected chi connectivity index (χ3v) is 3.06. The van der Waals surface area contributed by atoms with E-state index in [0.717, 1.165) is 17.7 Å². The van der Waals surface area contributed by atoms with Crippen molar-refractivity contribution in [3.8, 4) is 0 Å². The zero-order valence-corrected chi connectivity index (χ0v) is 10.6. The Morgan fingerprint density at radius 3 is 2.78 bits per heavy atom. The van der Waals surface area contributed by atoms with E-state index in [0.29, 0.717) is 5.92 Å². The molecule has 0 radical (unpaired) electrons. The Labute approximate surface area is 106 Å². The molecule has 0 unspecified atom stereocenters. The topological polar surface area (TPSA) is 55.4 Å². The monoisotopic (exact) mass is 247 g/mol. The highest BCUT2D eigenvalue weighted by Gasteiger charge is 2.40. The first kappa shape index (κ1) is 12.6. The molecule has 1 N–H and O–H groups in total. The van der Waals surface area contributed by atoms with Crippen LogP contribution in [-0.2, 0) is 14.3 Å². The van der Waals surface area contributed by atoms with Crippen LogP contribution in [0.15, 0.2) is 24.3 Å². The van der Waals surface area contributed by atoms with Gasteiger partial charge in [-0.05, 0) is 37.0 Å². The van der Waals surface area contributed by atoms with Gasteiger partial charge in [-0.25, -0.2) is 0 Å². The lowest BCUT2D eigenvalue weighted by atomic mass is 10.2. The van der Waals surface area contributed by atoms with Gasteiger partial charge in [-0.3, -0.25) is 9.59 Å². The SMILES string of the molecule is Cc1cccc(NC(=O)COC(=O)[C@@H]2C[C@H]2C)c1. The van der Waals surface area contributed by atoms with Gasteiger partial charge in [0.25, 0.3) is 5.91 Å². The molecule has 1 saturated carbocycles. The summed E-state index contributed by atoms with van der Waals surface area (Å²) < 4.78 is 4.95. The van der Waals surface area contributed by atoms with E-state index in [1.165, 1.54) is 0 Å². The van der Waals surface area contributed by atoms with Crippen molar-refractivity contribution < 1.29 is 14.3 Å². The van der Waals surface area contributed by atoms with Crippen LogP contribution in [0.4, 0.5) is 5.69 Å². The van der Waals surface area contributed by atoms with Crippen LogP contribution in [0.25, 0.3) is 0 Å². The van der Waals surface area contributed by atoms with Crippen molar-refractivity contribution in [2.75, 3.05) is 11.9 Å². The molecule has 0 spiro atoms. The van der Waals surface area contributed by atoms with Gasteiger partial charge in [0, 0.05) is 5.69 Å². The number of anilines is 1. The van der Waals surface area contributed by atoms with Crippen LogP contribution in [0.5, 0.6) is 0 Å². The standard InChI is InChI=1S/C14H17NO3/c1-9-4-3-5-11(6-9)15-13(16)8-18-14(17)12-7-10(12)2/h3-6,10,12H,7-8H2,1-2H3,(H,15,16)/t10-,12-/m1/s1. The fourth-order valence-corrected chi connectivity index (χ4v) is 1.81. The number of amides is 1. The summed E-state index contributed by atoms with van der Waals surface area (Å²) >= 11 is 0. The van der Waals surface area contributed by atoms with Gasteiger partial charge in [0.2, 0.25) is 0 Å². The fraction of sp³-hybridized carbons (Fsp3) is 0.429. The zero-order valence-electron chi connectivity index (χ0n) is 10.6. The number of rotatable bonds is 4. The van der Waals surface area contributed by atoms with Gasteiger partial charge in [-0.15, -0.1) is 0 Å². The number of carbonyl (C=O) groups excluding carboxylic acids is 2. The van der Waals surface area contributed by atoms with Crippen LogP contribution in [0, 0.1) is 18.8 Å². The van der Waals surface area contributed by atoms with Crippen molar-refractivity contribution in [3.05, 3.63) is 29.8 Å². The van der Waals surface area contributed by atoms with E-state index in [9.17, 15) is 9.59 Å². The van der Waals surface area contributed by atoms with Crippen molar-refractivity contribution in [2.45, 2.75) is 20.3 Å². The molecule has 2 atom stereocenters. The molecular formula is C14H17NO3. The van der Waals surface area contributed by atoms with Crippen LogP contribution in [0.3, 0.4) is 0 Å². The second-order valence-electron chi connectivity index (χ2n) is 4.84. The summed E-state index contributed by atoms with van der Waals surface area (Å²) in [4.78, 5) is 23.0. The van der Waals surface area contributed by atoms with Gasteiger partial charge >= 0.3 is 5.97 Å². The molecule has 0 aliphatic heterocycles. The first-order valence-electron chi connectivity index (χ1n) is 6.09. The van der Waals surface area contributed by atoms with Crippen LogP contribution in [-0.4, -0.2) is 18.5 Å². The van der Waals surface area contributed by atoms with Gasteiger partial charge < -0.3 is 10.1 Å². The van der Waals surface area contributed by atoms with E-state index in [-0.39, 0.29) is 24.4 Å². The summed E-state index contributed by atoms with van der Waals surface area (Å²) in [7, 11) is 0. The largest absolute Gasteiger partial charge is 0.455 e. The molecular weight excluding hydrogens is 230 g/mol. The van der Waals surface area contributed by atoms with Crippen LogP contribution in [0.2, 0.25) is 0 Å². The molecule has 1 aromatic rings. The van der Waals surface area contributed by atoms with Crippen molar-refractivity contribution in [3.63, 3.8) is 0 Å². The predicted octanol–water partition coefficient (Wildman–Crippen LogP) is 2.13. The Balaban J connectivity index is 1.77. The second kappa shape index (κ2) is 5.21. The molecule has 0 heterocycles. The van der Waals surface area contributed by atoms with Gasteiger partial charge in [-0.1, -0.05) is 19.1 Å². The smallest absolute Gasteiger partial charge is 0.309 e. The summed E-state index contributed by atoms with van der Waals surface area (Å²) in [6.07, 6.45) is 0.873. The Morgan fingerprint density at radius 1 is 1.44 bits per heavy atom. The predicted molar refractivity (Wildman–Crippen MR) is 68.0 cm³/mol. The van der Waals surface area contributed by atoms with E-state index in [2.05, 4.69) is 5.32 Å². The number of ether oxygens (including phenoxy) is 1. The molecule has 4 nitrogen and oxygen atoms in total. The molecule has 2 rings (SSSR count). The maximum Gasteiger partial charge on any atom is 0.309 e. The van der Waals surface area contributed by atoms with E-state index >= 15 is 0 Å². The molecule has 1 aliphatic rings. The van der Waals surface area contributed by atoms with Crippen molar-refractivity contribution >= 4 is 17.6 Å². The minimum absolute atomic E-state index is 0.00299. The summed E-state index contributed by atoms with van der Waals surface area (Å²) in [5, 5.41) is 2.69. The lowest BCUT2D eigenvalue weighted by molar-refractivity contribution is -0.148. The number of carbonyl (C=O) groups is 2. The van der Waals surface area contributed by atoms with Crippen LogP contribution in [0.1, 0.15) is 18.9 Å². The summed E-state index contributed by atoms with van der Waals surface area (Å²) in [6, 6.07) is 7.48. The van der Waals surface area contributed by atoms with Crippen LogP contribution >= 0.6 is 0 Å². The lowest BCUT2D eigenvalue weighted by Gasteiger charge is -2.06. The maximum absolute atomic E-state index is 11.6. The third kappa shape index (κ3) is 3.32. The third-order valence-electron chi connectivity index (χ3n) is 3.06. The highest BCUT2D eigenvalue weighted by molar-refractivity contribution is 5.93. The molecule has 0 bridgehead atoms. The van der Waals surface area contributed by atoms with E-state index in [1.54, 1.807) is 6.07 Å². The van der Waals surface area contributed by atoms with Crippen molar-refractivity contribution in [2.24, 2.45) is 11.8 Å². The summed E-state index contributed by atoms with van der Waals surface area (Å²) in [6.45, 7) is 3.74. The molecule has 0 saturated heterocycles. The van der Waals surface area contributed by atoms with E-state index in [4.69, 9.17) is 4.74 Å². The minimum Gasteiger partial charge on any atom is -0.455 e. The number of aryl methyl sites for hydroxylation is 1. The molecule has 1 fully saturated rings. The number of hydrogen-bond acceptors (Lipinski definition) is 3. The summed E-state index contributed by atoms with van der Waals surface area (Å²) in [5.41, 5.74) is 1.78. The molecule has 1 aromatic carbocycles. The Hall–Kier alpha value is -1.84. The Kier molecular flexibility index (Phi) is 3.65. The highest BCUT2D eigenvalue weighted by atomic mass is 16.5. The number of hydrogen-bond donors (Lipinski definition) is 1. The van der Waals surface area contributed by atoms with Crippen LogP contribution < -0.4 is 5.32 Å². The van der Waals surface area contributed by atoms with Gasteiger partial charge in [0.1, 0.15) is 0 Å². The second-order valence-corrected chi connectivity index (χ2v) is 4.84. The lowest BCUT2D eigenvalue weighted by Crippen LogP contribution is -2.21.